The Bertz CT molecular complexity index is 13.6. The third-order valence-corrected chi connectivity index (χ3v) is 0. The number of rotatable bonds is 0. The minimum absolute atomic E-state index is 0. The van der Waals surface area contributed by atoms with Crippen LogP contribution in [0.2, 0.25) is 0 Å². The van der Waals surface area contributed by atoms with Crippen LogP contribution in [0.15, 0.2) is 0 Å². The largest absolute Gasteiger partial charge is 0.412 e. The van der Waals surface area contributed by atoms with E-state index in [4.69, 9.17) is 14.0 Å². The van der Waals surface area contributed by atoms with Crippen molar-refractivity contribution in [3.05, 3.63) is 0 Å². The molecular formula is H9AuClO7. The van der Waals surface area contributed by atoms with Gasteiger partial charge in [0.25, 0.3) is 10.8 Å². The quantitative estimate of drug-likeness (QED) is 0.424. The normalized spacial score (nSPS) is 4.00. The third-order valence-electron chi connectivity index (χ3n) is 0. The van der Waals surface area contributed by atoms with Gasteiger partial charge < -0.3 is 31.2 Å². The van der Waals surface area contributed by atoms with Crippen LogP contribution < -0.4 is 9.32 Å². The molecule has 0 saturated heterocycles. The molecular weight excluding hydrogens is 344 g/mol. The van der Waals surface area contributed by atoms with E-state index in [-0.39, 0.29) is 44.3 Å². The molecule has 9 heavy (non-hydrogen) atoms. The van der Waals surface area contributed by atoms with E-state index in [1.165, 1.54) is 0 Å². The SMILES string of the molecule is O.O.O.O.[Au].[O-][Cl+2]([O-])O. The molecule has 0 spiro atoms. The summed E-state index contributed by atoms with van der Waals surface area (Å²) in [7, 11) is -2.60. The minimum Gasteiger partial charge on any atom is -0.412 e. The predicted molar refractivity (Wildman–Crippen MR) is 16.7 cm³/mol. The van der Waals surface area contributed by atoms with Gasteiger partial charge in [0.05, 0.1) is 0 Å². The molecule has 0 bridgehead atoms. The molecule has 0 aromatic rings. The van der Waals surface area contributed by atoms with Gasteiger partial charge in [-0.15, -0.1) is 0 Å². The van der Waals surface area contributed by atoms with E-state index in [1.807, 2.05) is 0 Å². The van der Waals surface area contributed by atoms with Crippen molar-refractivity contribution in [1.82, 2.24) is 0 Å². The van der Waals surface area contributed by atoms with Crippen LogP contribution in [0.25, 0.3) is 0 Å². The molecule has 7 nitrogen and oxygen atoms in total. The summed E-state index contributed by atoms with van der Waals surface area (Å²) in [5.74, 6) is 0. The molecule has 9 N–H and O–H groups in total. The molecule has 0 rings (SSSR count). The van der Waals surface area contributed by atoms with Gasteiger partial charge in [0, 0.05) is 27.0 Å². The zero-order chi connectivity index (χ0) is 3.58. The maximum Gasteiger partial charge on any atom is 0.282 e. The summed E-state index contributed by atoms with van der Waals surface area (Å²) in [4.78, 5) is 0. The van der Waals surface area contributed by atoms with E-state index in [2.05, 4.69) is 0 Å². The smallest absolute Gasteiger partial charge is 0.282 e. The topological polar surface area (TPSA) is 192 Å². The van der Waals surface area contributed by atoms with E-state index in [0.29, 0.717) is 0 Å². The Morgan fingerprint density at radius 3 is 0.889 bits per heavy atom. The molecule has 0 heterocycles. The van der Waals surface area contributed by atoms with E-state index in [1.54, 1.807) is 0 Å². The van der Waals surface area contributed by atoms with Crippen molar-refractivity contribution >= 4 is 0 Å². The summed E-state index contributed by atoms with van der Waals surface area (Å²) >= 11 is 0. The Morgan fingerprint density at radius 1 is 0.889 bits per heavy atom. The Morgan fingerprint density at radius 2 is 0.889 bits per heavy atom. The zero-order valence-corrected chi connectivity index (χ0v) is 6.87. The molecule has 0 saturated carbocycles. The van der Waals surface area contributed by atoms with Gasteiger partial charge >= 0.3 is 0 Å². The fourth-order valence-electron chi connectivity index (χ4n) is 0. The van der Waals surface area contributed by atoms with Crippen LogP contribution >= 0.6 is 0 Å². The van der Waals surface area contributed by atoms with E-state index in [9.17, 15) is 0 Å². The van der Waals surface area contributed by atoms with E-state index >= 15 is 0 Å². The first-order valence-electron chi connectivity index (χ1n) is 0.478. The van der Waals surface area contributed by atoms with Crippen LogP contribution in [0.4, 0.5) is 0 Å². The molecule has 0 aromatic carbocycles. The molecule has 0 aromatic heterocycles. The standard InChI is InChI=1S/Au.ClHO3.4H2O/c;2-1(3)4;;;;/h;2H;4*1H2. The monoisotopic (exact) mass is 353 g/mol. The van der Waals surface area contributed by atoms with Crippen molar-refractivity contribution in [2.24, 2.45) is 0 Å². The van der Waals surface area contributed by atoms with Crippen molar-refractivity contribution in [2.45, 2.75) is 0 Å². The Balaban J connectivity index is -0.00000000450. The number of hydrogen-bond acceptors (Lipinski definition) is 3. The van der Waals surface area contributed by atoms with Crippen LogP contribution in [0.3, 0.4) is 0 Å². The first-order chi connectivity index (χ1) is 1.73. The molecule has 0 atom stereocenters. The Kier molecular flexibility index (Phi) is 220. The summed E-state index contributed by atoms with van der Waals surface area (Å²) in [5.41, 5.74) is 0. The molecule has 0 aliphatic rings. The number of halogens is 1. The first kappa shape index (κ1) is 53.1. The zero-order valence-electron chi connectivity index (χ0n) is 3.94. The first-order valence-corrected chi connectivity index (χ1v) is 1.43. The van der Waals surface area contributed by atoms with Crippen molar-refractivity contribution in [3.8, 4) is 0 Å². The molecule has 0 unspecified atom stereocenters. The summed E-state index contributed by atoms with van der Waals surface area (Å²) in [6.45, 7) is 0. The van der Waals surface area contributed by atoms with Gasteiger partial charge in [-0.05, 0) is 0 Å². The van der Waals surface area contributed by atoms with Gasteiger partial charge in [0.15, 0.2) is 0 Å². The Hall–Kier alpha value is 0.750. The third kappa shape index (κ3) is 708. The predicted octanol–water partition coefficient (Wildman–Crippen LogP) is -6.24. The summed E-state index contributed by atoms with van der Waals surface area (Å²) in [6.07, 6.45) is 0. The van der Waals surface area contributed by atoms with Gasteiger partial charge in [-0.2, -0.15) is 0 Å². The second-order valence-corrected chi connectivity index (χ2v) is 0.603. The van der Waals surface area contributed by atoms with Crippen LogP contribution in [0, 0.1) is 10.8 Å². The molecule has 1 radical (unpaired) electrons. The summed E-state index contributed by atoms with van der Waals surface area (Å²) in [5, 5.41) is 0. The van der Waals surface area contributed by atoms with Gasteiger partial charge in [-0.25, -0.2) is 0 Å². The van der Waals surface area contributed by atoms with Crippen LogP contribution in [0.1, 0.15) is 0 Å². The molecule has 0 amide bonds. The van der Waals surface area contributed by atoms with Crippen molar-refractivity contribution < 1.29 is 69.0 Å². The van der Waals surface area contributed by atoms with E-state index < -0.39 is 10.8 Å². The van der Waals surface area contributed by atoms with Gasteiger partial charge in [-0.3, -0.25) is 0 Å². The molecule has 0 aliphatic heterocycles. The Labute approximate surface area is 69.4 Å². The van der Waals surface area contributed by atoms with Crippen molar-refractivity contribution in [2.75, 3.05) is 0 Å². The fraction of sp³-hybridized carbons (Fsp3) is 0. The maximum atomic E-state index is 8.52. The second-order valence-electron chi connectivity index (χ2n) is 0.201. The van der Waals surface area contributed by atoms with Gasteiger partial charge in [-0.1, -0.05) is 0 Å². The van der Waals surface area contributed by atoms with Crippen LogP contribution in [-0.2, 0) is 22.4 Å². The molecule has 0 fully saturated rings. The average Bonchev–Trinajstić information content (AvgIpc) is 0.811. The van der Waals surface area contributed by atoms with Gasteiger partial charge in [0.1, 0.15) is 0 Å². The van der Waals surface area contributed by atoms with Crippen molar-refractivity contribution in [1.29, 1.82) is 0 Å². The summed E-state index contributed by atoms with van der Waals surface area (Å²) < 4.78 is 24.0. The van der Waals surface area contributed by atoms with Crippen LogP contribution in [-0.4, -0.2) is 26.6 Å². The van der Waals surface area contributed by atoms with E-state index in [0.717, 1.165) is 0 Å². The fourth-order valence-corrected chi connectivity index (χ4v) is 0. The van der Waals surface area contributed by atoms with Crippen molar-refractivity contribution in [3.63, 3.8) is 0 Å². The molecule has 0 aliphatic carbocycles. The summed E-state index contributed by atoms with van der Waals surface area (Å²) in [6, 6.07) is 0. The average molecular weight is 353 g/mol. The maximum absolute atomic E-state index is 8.52. The number of hydrogen-bond donors (Lipinski definition) is 1. The second kappa shape index (κ2) is 37.4. The van der Waals surface area contributed by atoms with Gasteiger partial charge in [0.2, 0.25) is 0 Å². The van der Waals surface area contributed by atoms with Crippen LogP contribution in [0.5, 0.6) is 0 Å². The minimum atomic E-state index is -2.60. The molecule has 69 valence electrons. The molecule has 9 heteroatoms.